The molecule has 7 nitrogen and oxygen atoms in total. The summed E-state index contributed by atoms with van der Waals surface area (Å²) >= 11 is 2.39. The summed E-state index contributed by atoms with van der Waals surface area (Å²) < 4.78 is 6.17. The fourth-order valence-corrected chi connectivity index (χ4v) is 5.84. The molecule has 4 heterocycles. The van der Waals surface area contributed by atoms with Crippen LogP contribution in [-0.2, 0) is 11.3 Å². The Morgan fingerprint density at radius 1 is 1.23 bits per heavy atom. The molecule has 2 aliphatic rings. The van der Waals surface area contributed by atoms with Crippen molar-refractivity contribution in [3.63, 3.8) is 0 Å². The Labute approximate surface area is 189 Å². The molecular weight excluding hydrogens is 493 g/mol. The summed E-state index contributed by atoms with van der Waals surface area (Å²) in [6.45, 7) is 6.53. The number of nitrogens with zero attached hydrogens (tertiary/aromatic N) is 4. The Morgan fingerprint density at radius 3 is 2.73 bits per heavy atom. The predicted octanol–water partition coefficient (Wildman–Crippen LogP) is 3.90. The van der Waals surface area contributed by atoms with Crippen molar-refractivity contribution in [3.8, 4) is 11.3 Å². The largest absolute Gasteiger partial charge is 0.390 e. The van der Waals surface area contributed by atoms with E-state index in [9.17, 15) is 5.11 Å². The minimum absolute atomic E-state index is 0.123. The molecule has 2 saturated heterocycles. The maximum atomic E-state index is 10.1. The first-order valence-corrected chi connectivity index (χ1v) is 11.7. The number of aromatic nitrogens is 4. The van der Waals surface area contributed by atoms with Crippen molar-refractivity contribution in [2.24, 2.45) is 5.41 Å². The third kappa shape index (κ3) is 3.58. The van der Waals surface area contributed by atoms with E-state index in [0.717, 1.165) is 78.6 Å². The Kier molecular flexibility index (Phi) is 5.19. The van der Waals surface area contributed by atoms with E-state index in [0.29, 0.717) is 15.2 Å². The van der Waals surface area contributed by atoms with Crippen molar-refractivity contribution < 1.29 is 9.84 Å². The number of ether oxygens (including phenoxy) is 1. The van der Waals surface area contributed by atoms with Gasteiger partial charge in [-0.15, -0.1) is 0 Å². The van der Waals surface area contributed by atoms with E-state index in [2.05, 4.69) is 43.5 Å². The molecular formula is C22H26IN5O2. The summed E-state index contributed by atoms with van der Waals surface area (Å²) in [4.78, 5) is 19.8. The lowest BCUT2D eigenvalue weighted by atomic mass is 9.78. The van der Waals surface area contributed by atoms with Gasteiger partial charge in [-0.25, -0.2) is 15.0 Å². The highest BCUT2D eigenvalue weighted by molar-refractivity contribution is 14.1. The zero-order valence-corrected chi connectivity index (χ0v) is 19.4. The molecule has 2 fully saturated rings. The Bertz CT molecular complexity index is 1090. The average Bonchev–Trinajstić information content (AvgIpc) is 3.29. The van der Waals surface area contributed by atoms with E-state index >= 15 is 0 Å². The van der Waals surface area contributed by atoms with Gasteiger partial charge in [0.1, 0.15) is 15.6 Å². The minimum atomic E-state index is -0.123. The molecule has 0 aliphatic carbocycles. The highest BCUT2D eigenvalue weighted by Gasteiger charge is 2.42. The lowest BCUT2D eigenvalue weighted by molar-refractivity contribution is 0.128. The molecule has 3 aromatic rings. The van der Waals surface area contributed by atoms with Crippen LogP contribution < -0.4 is 4.90 Å². The van der Waals surface area contributed by atoms with Gasteiger partial charge in [-0.3, -0.25) is 0 Å². The molecule has 8 heteroatoms. The normalized spacial score (nSPS) is 21.1. The van der Waals surface area contributed by atoms with Crippen LogP contribution in [0.1, 0.15) is 36.5 Å². The summed E-state index contributed by atoms with van der Waals surface area (Å²) in [5, 5.41) is 10.1. The Morgan fingerprint density at radius 2 is 2.03 bits per heavy atom. The molecule has 158 valence electrons. The zero-order chi connectivity index (χ0) is 20.9. The molecule has 0 bridgehead atoms. The van der Waals surface area contributed by atoms with Crippen molar-refractivity contribution in [2.45, 2.75) is 43.8 Å². The SMILES string of the molecule is Cc1nc2ccc(-c3nc(CO)c(N4CCC5(CC4)CO[C@@H](I)C5)nc3C)cc2[nH]1. The van der Waals surface area contributed by atoms with Gasteiger partial charge in [-0.05, 0) is 45.2 Å². The fourth-order valence-electron chi connectivity index (χ4n) is 4.73. The first kappa shape index (κ1) is 20.1. The molecule has 1 spiro atoms. The van der Waals surface area contributed by atoms with E-state index < -0.39 is 0 Å². The van der Waals surface area contributed by atoms with Gasteiger partial charge in [0.15, 0.2) is 5.82 Å². The first-order valence-electron chi connectivity index (χ1n) is 10.4. The van der Waals surface area contributed by atoms with Crippen LogP contribution in [-0.4, -0.2) is 48.8 Å². The second kappa shape index (κ2) is 7.72. The van der Waals surface area contributed by atoms with Crippen LogP contribution in [0, 0.1) is 19.3 Å². The van der Waals surface area contributed by atoms with Crippen LogP contribution in [0.4, 0.5) is 5.82 Å². The van der Waals surface area contributed by atoms with Gasteiger partial charge in [-0.1, -0.05) is 28.7 Å². The number of halogens is 1. The van der Waals surface area contributed by atoms with Crippen LogP contribution in [0.15, 0.2) is 18.2 Å². The van der Waals surface area contributed by atoms with E-state index in [1.807, 2.05) is 26.0 Å². The standard InChI is InChI=1S/C22H26IN5O2/c1-13-20(15-3-4-16-17(9-15)26-14(2)25-16)27-18(11-29)21(24-13)28-7-5-22(6-8-28)10-19(23)30-12-22/h3-4,9,19,29H,5-8,10-12H2,1-2H3,(H,25,26)/t19-/m1/s1. The monoisotopic (exact) mass is 519 g/mol. The van der Waals surface area contributed by atoms with Crippen LogP contribution >= 0.6 is 22.6 Å². The number of aromatic amines is 1. The molecule has 0 saturated carbocycles. The van der Waals surface area contributed by atoms with E-state index in [4.69, 9.17) is 14.7 Å². The number of hydrogen-bond donors (Lipinski definition) is 2. The van der Waals surface area contributed by atoms with Gasteiger partial charge in [0.2, 0.25) is 0 Å². The summed E-state index contributed by atoms with van der Waals surface area (Å²) in [5.41, 5.74) is 5.52. The van der Waals surface area contributed by atoms with Gasteiger partial charge < -0.3 is 19.7 Å². The summed E-state index contributed by atoms with van der Waals surface area (Å²) in [6.07, 6.45) is 3.32. The van der Waals surface area contributed by atoms with Gasteiger partial charge in [-0.2, -0.15) is 0 Å². The third-order valence-corrected chi connectivity index (χ3v) is 7.23. The van der Waals surface area contributed by atoms with Gasteiger partial charge in [0.05, 0.1) is 35.6 Å². The highest BCUT2D eigenvalue weighted by Crippen LogP contribution is 2.44. The molecule has 1 aromatic carbocycles. The molecule has 5 rings (SSSR count). The third-order valence-electron chi connectivity index (χ3n) is 6.43. The second-order valence-electron chi connectivity index (χ2n) is 8.55. The lowest BCUT2D eigenvalue weighted by Crippen LogP contribution is -2.41. The smallest absolute Gasteiger partial charge is 0.153 e. The summed E-state index contributed by atoms with van der Waals surface area (Å²) in [5.74, 6) is 1.71. The topological polar surface area (TPSA) is 87.2 Å². The predicted molar refractivity (Wildman–Crippen MR) is 125 cm³/mol. The van der Waals surface area contributed by atoms with E-state index in [-0.39, 0.29) is 6.61 Å². The molecule has 1 atom stereocenters. The summed E-state index contributed by atoms with van der Waals surface area (Å²) in [7, 11) is 0. The number of fused-ring (bicyclic) bond motifs is 1. The second-order valence-corrected chi connectivity index (χ2v) is 9.94. The fraction of sp³-hybridized carbons (Fsp3) is 0.500. The van der Waals surface area contributed by atoms with Crippen LogP contribution in [0.5, 0.6) is 0 Å². The number of aliphatic hydroxyl groups is 1. The summed E-state index contributed by atoms with van der Waals surface area (Å²) in [6, 6.07) is 6.07. The number of nitrogens with one attached hydrogen (secondary N) is 1. The Balaban J connectivity index is 1.44. The van der Waals surface area contributed by atoms with E-state index in [1.165, 1.54) is 0 Å². The van der Waals surface area contributed by atoms with Crippen molar-refractivity contribution in [1.29, 1.82) is 0 Å². The number of anilines is 1. The number of imidazole rings is 1. The van der Waals surface area contributed by atoms with Gasteiger partial charge in [0.25, 0.3) is 0 Å². The van der Waals surface area contributed by atoms with Crippen LogP contribution in [0.25, 0.3) is 22.3 Å². The van der Waals surface area contributed by atoms with Crippen molar-refractivity contribution in [3.05, 3.63) is 35.4 Å². The minimum Gasteiger partial charge on any atom is -0.390 e. The van der Waals surface area contributed by atoms with Crippen molar-refractivity contribution in [2.75, 3.05) is 24.6 Å². The van der Waals surface area contributed by atoms with Crippen LogP contribution in [0.2, 0.25) is 0 Å². The molecule has 2 aliphatic heterocycles. The first-order chi connectivity index (χ1) is 14.5. The number of rotatable bonds is 3. The number of benzene rings is 1. The van der Waals surface area contributed by atoms with Crippen LogP contribution in [0.3, 0.4) is 0 Å². The maximum absolute atomic E-state index is 10.1. The number of H-pyrrole nitrogens is 1. The molecule has 2 N–H and O–H groups in total. The van der Waals surface area contributed by atoms with Crippen molar-refractivity contribution >= 4 is 39.4 Å². The number of aliphatic hydroxyl groups excluding tert-OH is 1. The molecule has 0 unspecified atom stereocenters. The van der Waals surface area contributed by atoms with Gasteiger partial charge >= 0.3 is 0 Å². The number of aryl methyl sites for hydroxylation is 2. The number of piperidine rings is 1. The maximum Gasteiger partial charge on any atom is 0.153 e. The quantitative estimate of drug-likeness (QED) is 0.404. The molecule has 2 aromatic heterocycles. The van der Waals surface area contributed by atoms with Crippen molar-refractivity contribution in [1.82, 2.24) is 19.9 Å². The number of alkyl halides is 1. The van der Waals surface area contributed by atoms with Gasteiger partial charge in [0, 0.05) is 24.1 Å². The zero-order valence-electron chi connectivity index (χ0n) is 17.3. The molecule has 30 heavy (non-hydrogen) atoms. The highest BCUT2D eigenvalue weighted by atomic mass is 127. The Hall–Kier alpha value is -1.78. The lowest BCUT2D eigenvalue weighted by Gasteiger charge is -2.39. The average molecular weight is 519 g/mol. The van der Waals surface area contributed by atoms with E-state index in [1.54, 1.807) is 0 Å². The number of hydrogen-bond acceptors (Lipinski definition) is 6. The molecule has 0 radical (unpaired) electrons. The molecule has 0 amide bonds.